The van der Waals surface area contributed by atoms with Crippen LogP contribution in [0.25, 0.3) is 0 Å². The zero-order valence-electron chi connectivity index (χ0n) is 14.2. The molecule has 0 saturated carbocycles. The van der Waals surface area contributed by atoms with Crippen LogP contribution < -0.4 is 0 Å². The molecule has 5 nitrogen and oxygen atoms in total. The van der Waals surface area contributed by atoms with Crippen molar-refractivity contribution in [2.75, 3.05) is 32.7 Å². The number of aliphatic hydroxyl groups is 1. The number of amides is 1. The van der Waals surface area contributed by atoms with Gasteiger partial charge in [-0.3, -0.25) is 4.79 Å². The van der Waals surface area contributed by atoms with E-state index < -0.39 is 5.60 Å². The number of carbonyl (C=O) groups is 1. The van der Waals surface area contributed by atoms with Crippen molar-refractivity contribution < 1.29 is 9.90 Å². The maximum atomic E-state index is 12.6. The third-order valence-corrected chi connectivity index (χ3v) is 6.01. The Bertz CT molecular complexity index is 568. The van der Waals surface area contributed by atoms with Crippen LogP contribution in [0, 0.1) is 13.8 Å². The van der Waals surface area contributed by atoms with Crippen LogP contribution in [0.1, 0.15) is 41.3 Å². The van der Waals surface area contributed by atoms with Crippen LogP contribution >= 0.6 is 11.3 Å². The first-order chi connectivity index (χ1) is 11.0. The molecule has 0 aliphatic carbocycles. The molecule has 128 valence electrons. The third-order valence-electron chi connectivity index (χ3n) is 4.94. The Morgan fingerprint density at radius 1 is 1.26 bits per heavy atom. The Morgan fingerprint density at radius 2 is 2.00 bits per heavy atom. The van der Waals surface area contributed by atoms with Gasteiger partial charge in [0.15, 0.2) is 0 Å². The number of hydrogen-bond acceptors (Lipinski definition) is 5. The lowest BCUT2D eigenvalue weighted by Crippen LogP contribution is -2.55. The molecule has 1 amide bonds. The first-order valence-corrected chi connectivity index (χ1v) is 9.42. The molecule has 2 saturated heterocycles. The lowest BCUT2D eigenvalue weighted by molar-refractivity contribution is -0.138. The van der Waals surface area contributed by atoms with Gasteiger partial charge in [-0.15, -0.1) is 11.3 Å². The SMILES string of the molecule is Cc1nc(C)c(CC(=O)N2CCC[C@@](O)(CN3CCCC3)C2)s1. The third kappa shape index (κ3) is 4.11. The summed E-state index contributed by atoms with van der Waals surface area (Å²) >= 11 is 1.60. The quantitative estimate of drug-likeness (QED) is 0.909. The number of thiazole rings is 1. The number of β-amino-alcohol motifs (C(OH)–C–C–N with tert-alkyl or cyclic N) is 1. The van der Waals surface area contributed by atoms with Gasteiger partial charge in [0.05, 0.1) is 29.3 Å². The minimum atomic E-state index is -0.739. The molecule has 1 atom stereocenters. The van der Waals surface area contributed by atoms with Crippen LogP contribution in [0.4, 0.5) is 0 Å². The summed E-state index contributed by atoms with van der Waals surface area (Å²) < 4.78 is 0. The lowest BCUT2D eigenvalue weighted by atomic mass is 9.92. The summed E-state index contributed by atoms with van der Waals surface area (Å²) in [5, 5.41) is 11.9. The van der Waals surface area contributed by atoms with Crippen LogP contribution in [0.2, 0.25) is 0 Å². The van der Waals surface area contributed by atoms with E-state index in [0.29, 0.717) is 19.5 Å². The van der Waals surface area contributed by atoms with Crippen LogP contribution in [-0.2, 0) is 11.2 Å². The summed E-state index contributed by atoms with van der Waals surface area (Å²) in [5.74, 6) is 0.122. The minimum absolute atomic E-state index is 0.122. The van der Waals surface area contributed by atoms with Gasteiger partial charge in [-0.1, -0.05) is 0 Å². The van der Waals surface area contributed by atoms with Crippen molar-refractivity contribution in [3.8, 4) is 0 Å². The van der Waals surface area contributed by atoms with Gasteiger partial charge in [-0.25, -0.2) is 4.98 Å². The molecule has 0 bridgehead atoms. The monoisotopic (exact) mass is 337 g/mol. The molecule has 2 aliphatic heterocycles. The smallest absolute Gasteiger partial charge is 0.227 e. The van der Waals surface area contributed by atoms with E-state index >= 15 is 0 Å². The van der Waals surface area contributed by atoms with E-state index in [1.807, 2.05) is 18.7 Å². The largest absolute Gasteiger partial charge is 0.387 e. The fourth-order valence-corrected chi connectivity index (χ4v) is 4.73. The average Bonchev–Trinajstić information content (AvgIpc) is 3.08. The summed E-state index contributed by atoms with van der Waals surface area (Å²) in [6, 6.07) is 0. The number of hydrogen-bond donors (Lipinski definition) is 1. The van der Waals surface area contributed by atoms with E-state index in [1.165, 1.54) is 12.8 Å². The standard InChI is InChI=1S/C17H27N3O2S/c1-13-15(23-14(2)18-13)10-16(21)20-9-5-6-17(22,12-20)11-19-7-3-4-8-19/h22H,3-12H2,1-2H3/t17-/m1/s1. The summed E-state index contributed by atoms with van der Waals surface area (Å²) in [5.41, 5.74) is 0.224. The molecule has 2 aliphatic rings. The van der Waals surface area contributed by atoms with E-state index in [4.69, 9.17) is 0 Å². The van der Waals surface area contributed by atoms with E-state index in [0.717, 1.165) is 48.1 Å². The fourth-order valence-electron chi connectivity index (χ4n) is 3.80. The zero-order valence-corrected chi connectivity index (χ0v) is 15.0. The van der Waals surface area contributed by atoms with Crippen LogP contribution in [-0.4, -0.2) is 64.1 Å². The number of aryl methyl sites for hydroxylation is 2. The Hall–Kier alpha value is -0.980. The van der Waals surface area contributed by atoms with Gasteiger partial charge in [-0.2, -0.15) is 0 Å². The maximum Gasteiger partial charge on any atom is 0.227 e. The average molecular weight is 337 g/mol. The predicted molar refractivity (Wildman–Crippen MR) is 91.7 cm³/mol. The Balaban J connectivity index is 1.60. The number of carbonyl (C=O) groups excluding carboxylic acids is 1. The normalized spacial score (nSPS) is 26.0. The Labute approximate surface area is 142 Å². The molecule has 0 radical (unpaired) electrons. The van der Waals surface area contributed by atoms with Gasteiger partial charge in [0.1, 0.15) is 0 Å². The van der Waals surface area contributed by atoms with Crippen molar-refractivity contribution in [2.24, 2.45) is 0 Å². The molecule has 0 aromatic carbocycles. The predicted octanol–water partition coefficient (Wildman–Crippen LogP) is 1.75. The molecule has 2 fully saturated rings. The number of likely N-dealkylation sites (tertiary alicyclic amines) is 2. The Morgan fingerprint density at radius 3 is 2.65 bits per heavy atom. The van der Waals surface area contributed by atoms with Gasteiger partial charge < -0.3 is 14.9 Å². The highest BCUT2D eigenvalue weighted by Gasteiger charge is 2.37. The molecule has 1 aromatic rings. The van der Waals surface area contributed by atoms with Crippen LogP contribution in [0.5, 0.6) is 0 Å². The van der Waals surface area contributed by atoms with Crippen molar-refractivity contribution in [1.82, 2.24) is 14.8 Å². The van der Waals surface area contributed by atoms with E-state index in [2.05, 4.69) is 9.88 Å². The van der Waals surface area contributed by atoms with Gasteiger partial charge in [0, 0.05) is 18.0 Å². The first kappa shape index (κ1) is 16.9. The highest BCUT2D eigenvalue weighted by atomic mass is 32.1. The first-order valence-electron chi connectivity index (χ1n) is 8.61. The summed E-state index contributed by atoms with van der Waals surface area (Å²) in [4.78, 5) is 22.3. The molecule has 3 heterocycles. The molecular formula is C17H27N3O2S. The van der Waals surface area contributed by atoms with E-state index in [9.17, 15) is 9.90 Å². The summed E-state index contributed by atoms with van der Waals surface area (Å²) in [6.45, 7) is 8.03. The van der Waals surface area contributed by atoms with Gasteiger partial charge >= 0.3 is 0 Å². The summed E-state index contributed by atoms with van der Waals surface area (Å²) in [7, 11) is 0. The highest BCUT2D eigenvalue weighted by Crippen LogP contribution is 2.25. The lowest BCUT2D eigenvalue weighted by Gasteiger charge is -2.41. The summed E-state index contributed by atoms with van der Waals surface area (Å²) in [6.07, 6.45) is 4.55. The number of nitrogens with zero attached hydrogens (tertiary/aromatic N) is 3. The molecule has 1 aromatic heterocycles. The molecular weight excluding hydrogens is 310 g/mol. The number of aromatic nitrogens is 1. The van der Waals surface area contributed by atoms with Crippen molar-refractivity contribution in [3.05, 3.63) is 15.6 Å². The van der Waals surface area contributed by atoms with Crippen LogP contribution in [0.15, 0.2) is 0 Å². The molecule has 0 spiro atoms. The second-order valence-electron chi connectivity index (χ2n) is 7.04. The molecule has 6 heteroatoms. The van der Waals surface area contributed by atoms with Gasteiger partial charge in [0.2, 0.25) is 5.91 Å². The van der Waals surface area contributed by atoms with Crippen molar-refractivity contribution in [3.63, 3.8) is 0 Å². The molecule has 0 unspecified atom stereocenters. The Kier molecular flexibility index (Phi) is 5.04. The van der Waals surface area contributed by atoms with Crippen molar-refractivity contribution in [2.45, 2.75) is 51.6 Å². The molecule has 1 N–H and O–H groups in total. The van der Waals surface area contributed by atoms with Crippen LogP contribution in [0.3, 0.4) is 0 Å². The highest BCUT2D eigenvalue weighted by molar-refractivity contribution is 7.11. The minimum Gasteiger partial charge on any atom is -0.387 e. The fraction of sp³-hybridized carbons (Fsp3) is 0.765. The topological polar surface area (TPSA) is 56.7 Å². The van der Waals surface area contributed by atoms with Gasteiger partial charge in [0.25, 0.3) is 0 Å². The maximum absolute atomic E-state index is 12.6. The van der Waals surface area contributed by atoms with E-state index in [-0.39, 0.29) is 5.91 Å². The van der Waals surface area contributed by atoms with E-state index in [1.54, 1.807) is 11.3 Å². The molecule has 3 rings (SSSR count). The number of piperidine rings is 1. The zero-order chi connectivity index (χ0) is 16.4. The van der Waals surface area contributed by atoms with Crippen molar-refractivity contribution in [1.29, 1.82) is 0 Å². The van der Waals surface area contributed by atoms with Gasteiger partial charge in [-0.05, 0) is 52.6 Å². The second-order valence-corrected chi connectivity index (χ2v) is 8.33. The van der Waals surface area contributed by atoms with Crippen molar-refractivity contribution >= 4 is 17.2 Å². The number of rotatable bonds is 4. The molecule has 23 heavy (non-hydrogen) atoms. The second kappa shape index (κ2) is 6.87.